The third kappa shape index (κ3) is 3.47. The normalized spacial score (nSPS) is 23.9. The van der Waals surface area contributed by atoms with E-state index < -0.39 is 0 Å². The van der Waals surface area contributed by atoms with Crippen molar-refractivity contribution >= 4 is 17.5 Å². The first-order chi connectivity index (χ1) is 10.6. The minimum absolute atomic E-state index is 0.0199. The van der Waals surface area contributed by atoms with Gasteiger partial charge in [0, 0.05) is 6.04 Å². The maximum absolute atomic E-state index is 12.3. The van der Waals surface area contributed by atoms with E-state index >= 15 is 0 Å². The van der Waals surface area contributed by atoms with Gasteiger partial charge in [-0.1, -0.05) is 18.5 Å². The van der Waals surface area contributed by atoms with Crippen LogP contribution in [0.2, 0.25) is 5.02 Å². The molecule has 1 saturated heterocycles. The van der Waals surface area contributed by atoms with Gasteiger partial charge in [0.25, 0.3) is 0 Å². The van der Waals surface area contributed by atoms with E-state index in [1.54, 1.807) is 6.07 Å². The van der Waals surface area contributed by atoms with Crippen LogP contribution in [0.4, 0.5) is 0 Å². The van der Waals surface area contributed by atoms with E-state index in [0.29, 0.717) is 42.1 Å². The van der Waals surface area contributed by atoms with Crippen LogP contribution in [0.3, 0.4) is 0 Å². The van der Waals surface area contributed by atoms with Gasteiger partial charge in [-0.3, -0.25) is 4.79 Å². The van der Waals surface area contributed by atoms with Gasteiger partial charge in [0.15, 0.2) is 11.5 Å². The summed E-state index contributed by atoms with van der Waals surface area (Å²) >= 11 is 6.20. The van der Waals surface area contributed by atoms with Crippen molar-refractivity contribution in [1.29, 1.82) is 0 Å². The molecule has 0 saturated carbocycles. The second-order valence-electron chi connectivity index (χ2n) is 5.92. The van der Waals surface area contributed by atoms with Gasteiger partial charge in [0.05, 0.1) is 11.4 Å². The molecule has 2 aliphatic heterocycles. The van der Waals surface area contributed by atoms with E-state index in [4.69, 9.17) is 21.1 Å². The number of halogens is 1. The molecule has 1 aromatic rings. The van der Waals surface area contributed by atoms with Crippen LogP contribution in [0, 0.1) is 5.92 Å². The molecule has 5 nitrogen and oxygen atoms in total. The molecule has 1 amide bonds. The lowest BCUT2D eigenvalue weighted by Crippen LogP contribution is -2.48. The van der Waals surface area contributed by atoms with E-state index in [1.165, 1.54) is 0 Å². The van der Waals surface area contributed by atoms with Crippen molar-refractivity contribution in [2.24, 2.45) is 5.92 Å². The van der Waals surface area contributed by atoms with E-state index in [9.17, 15) is 4.79 Å². The molecule has 2 aliphatic rings. The second-order valence-corrected chi connectivity index (χ2v) is 6.33. The molecule has 0 spiro atoms. The average Bonchev–Trinajstić information content (AvgIpc) is 2.49. The molecule has 0 bridgehead atoms. The van der Waals surface area contributed by atoms with Gasteiger partial charge in [-0.2, -0.15) is 0 Å². The Hall–Kier alpha value is -1.46. The van der Waals surface area contributed by atoms with Gasteiger partial charge < -0.3 is 20.1 Å². The number of rotatable bonds is 3. The van der Waals surface area contributed by atoms with E-state index in [0.717, 1.165) is 25.1 Å². The molecular formula is C16H21ClN2O3. The van der Waals surface area contributed by atoms with Crippen LogP contribution in [-0.2, 0) is 11.2 Å². The molecule has 0 radical (unpaired) electrons. The standard InChI is InChI=1S/C16H21ClN2O3/c1-10-9-18-3-2-13(10)19-15(20)8-11-6-12(17)16-14(7-11)21-4-5-22-16/h6-7,10,13,18H,2-5,8-9H2,1H3,(H,19,20). The molecular weight excluding hydrogens is 304 g/mol. The molecule has 6 heteroatoms. The highest BCUT2D eigenvalue weighted by Gasteiger charge is 2.23. The zero-order valence-electron chi connectivity index (χ0n) is 12.7. The van der Waals surface area contributed by atoms with E-state index in [-0.39, 0.29) is 11.9 Å². The second kappa shape index (κ2) is 6.75. The Morgan fingerprint density at radius 2 is 2.23 bits per heavy atom. The number of hydrogen-bond donors (Lipinski definition) is 2. The number of ether oxygens (including phenoxy) is 2. The number of amides is 1. The Morgan fingerprint density at radius 3 is 3.05 bits per heavy atom. The summed E-state index contributed by atoms with van der Waals surface area (Å²) in [5.41, 5.74) is 0.841. The van der Waals surface area contributed by atoms with Crippen molar-refractivity contribution in [3.8, 4) is 11.5 Å². The molecule has 1 fully saturated rings. The molecule has 3 rings (SSSR count). The van der Waals surface area contributed by atoms with E-state index in [1.807, 2.05) is 6.07 Å². The van der Waals surface area contributed by atoms with Crippen LogP contribution in [0.25, 0.3) is 0 Å². The van der Waals surface area contributed by atoms with Crippen LogP contribution in [-0.4, -0.2) is 38.3 Å². The number of carbonyl (C=O) groups is 1. The summed E-state index contributed by atoms with van der Waals surface area (Å²) < 4.78 is 11.0. The highest BCUT2D eigenvalue weighted by Crippen LogP contribution is 2.38. The third-order valence-electron chi connectivity index (χ3n) is 4.15. The zero-order chi connectivity index (χ0) is 15.5. The quantitative estimate of drug-likeness (QED) is 0.889. The lowest BCUT2D eigenvalue weighted by Gasteiger charge is -2.30. The average molecular weight is 325 g/mol. The largest absolute Gasteiger partial charge is 0.486 e. The molecule has 2 heterocycles. The van der Waals surface area contributed by atoms with Crippen molar-refractivity contribution < 1.29 is 14.3 Å². The molecule has 2 atom stereocenters. The number of hydrogen-bond acceptors (Lipinski definition) is 4. The highest BCUT2D eigenvalue weighted by atomic mass is 35.5. The van der Waals surface area contributed by atoms with Crippen molar-refractivity contribution in [3.05, 3.63) is 22.7 Å². The van der Waals surface area contributed by atoms with Gasteiger partial charge >= 0.3 is 0 Å². The molecule has 120 valence electrons. The Balaban J connectivity index is 1.65. The number of piperidine rings is 1. The summed E-state index contributed by atoms with van der Waals surface area (Å²) in [4.78, 5) is 12.3. The third-order valence-corrected chi connectivity index (χ3v) is 4.43. The predicted molar refractivity (Wildman–Crippen MR) is 84.7 cm³/mol. The maximum atomic E-state index is 12.3. The summed E-state index contributed by atoms with van der Waals surface area (Å²) in [6.07, 6.45) is 1.27. The van der Waals surface area contributed by atoms with E-state index in [2.05, 4.69) is 17.6 Å². The minimum Gasteiger partial charge on any atom is -0.486 e. The first-order valence-electron chi connectivity index (χ1n) is 7.71. The number of nitrogens with one attached hydrogen (secondary N) is 2. The molecule has 2 unspecified atom stereocenters. The topological polar surface area (TPSA) is 59.6 Å². The fraction of sp³-hybridized carbons (Fsp3) is 0.562. The van der Waals surface area contributed by atoms with Crippen molar-refractivity contribution in [2.45, 2.75) is 25.8 Å². The van der Waals surface area contributed by atoms with Crippen LogP contribution < -0.4 is 20.1 Å². The molecule has 0 aliphatic carbocycles. The smallest absolute Gasteiger partial charge is 0.224 e. The lowest BCUT2D eigenvalue weighted by molar-refractivity contribution is -0.121. The minimum atomic E-state index is 0.0199. The van der Waals surface area contributed by atoms with Crippen LogP contribution in [0.5, 0.6) is 11.5 Å². The van der Waals surface area contributed by atoms with Crippen molar-refractivity contribution in [1.82, 2.24) is 10.6 Å². The Kier molecular flexibility index (Phi) is 4.74. The Bertz CT molecular complexity index is 565. The fourth-order valence-electron chi connectivity index (χ4n) is 2.94. The number of benzene rings is 1. The Labute approximate surface area is 135 Å². The summed E-state index contributed by atoms with van der Waals surface area (Å²) in [6, 6.07) is 3.85. The Morgan fingerprint density at radius 1 is 1.41 bits per heavy atom. The summed E-state index contributed by atoms with van der Waals surface area (Å²) in [5.74, 6) is 1.66. The maximum Gasteiger partial charge on any atom is 0.224 e. The zero-order valence-corrected chi connectivity index (χ0v) is 13.4. The summed E-state index contributed by atoms with van der Waals surface area (Å²) in [7, 11) is 0. The highest BCUT2D eigenvalue weighted by molar-refractivity contribution is 6.32. The molecule has 1 aromatic carbocycles. The van der Waals surface area contributed by atoms with Gasteiger partial charge in [-0.15, -0.1) is 0 Å². The summed E-state index contributed by atoms with van der Waals surface area (Å²) in [6.45, 7) is 5.05. The number of fused-ring (bicyclic) bond motifs is 1. The first kappa shape index (κ1) is 15.4. The van der Waals surface area contributed by atoms with Crippen molar-refractivity contribution in [3.63, 3.8) is 0 Å². The van der Waals surface area contributed by atoms with Gasteiger partial charge in [-0.05, 0) is 43.1 Å². The van der Waals surface area contributed by atoms with Gasteiger partial charge in [-0.25, -0.2) is 0 Å². The van der Waals surface area contributed by atoms with Crippen LogP contribution >= 0.6 is 11.6 Å². The predicted octanol–water partition coefficient (Wildman–Crippen LogP) is 1.77. The molecule has 0 aromatic heterocycles. The number of carbonyl (C=O) groups excluding carboxylic acids is 1. The van der Waals surface area contributed by atoms with Gasteiger partial charge in [0.1, 0.15) is 13.2 Å². The summed E-state index contributed by atoms with van der Waals surface area (Å²) in [5, 5.41) is 6.95. The SMILES string of the molecule is CC1CNCCC1NC(=O)Cc1cc(Cl)c2c(c1)OCCO2. The molecule has 22 heavy (non-hydrogen) atoms. The first-order valence-corrected chi connectivity index (χ1v) is 8.09. The monoisotopic (exact) mass is 324 g/mol. The van der Waals surface area contributed by atoms with Gasteiger partial charge in [0.2, 0.25) is 5.91 Å². The van der Waals surface area contributed by atoms with Crippen LogP contribution in [0.1, 0.15) is 18.9 Å². The fourth-order valence-corrected chi connectivity index (χ4v) is 3.23. The molecule has 2 N–H and O–H groups in total. The lowest BCUT2D eigenvalue weighted by atomic mass is 9.95. The van der Waals surface area contributed by atoms with Crippen LogP contribution in [0.15, 0.2) is 12.1 Å². The van der Waals surface area contributed by atoms with Crippen molar-refractivity contribution in [2.75, 3.05) is 26.3 Å².